The van der Waals surface area contributed by atoms with Crippen LogP contribution in [0.5, 0.6) is 0 Å². The summed E-state index contributed by atoms with van der Waals surface area (Å²) in [5.41, 5.74) is 8.04. The maximum absolute atomic E-state index is 13.5. The number of ketones is 1. The van der Waals surface area contributed by atoms with Crippen molar-refractivity contribution in [2.45, 2.75) is 36.9 Å². The fraction of sp³-hybridized carbons (Fsp3) is 0.318. The number of rotatable bonds is 4. The number of hydrogen-bond acceptors (Lipinski definition) is 9. The normalized spacial score (nSPS) is 19.9. The highest BCUT2D eigenvalue weighted by atomic mass is 35.5. The summed E-state index contributed by atoms with van der Waals surface area (Å²) in [7, 11) is 0. The van der Waals surface area contributed by atoms with Crippen molar-refractivity contribution in [1.82, 2.24) is 10.2 Å². The fourth-order valence-corrected chi connectivity index (χ4v) is 6.41. The number of carbonyl (C=O) groups is 1. The molecule has 0 saturated carbocycles. The van der Waals surface area contributed by atoms with E-state index in [0.717, 1.165) is 0 Å². The van der Waals surface area contributed by atoms with E-state index in [2.05, 4.69) is 22.3 Å². The zero-order valence-electron chi connectivity index (χ0n) is 17.7. The monoisotopic (exact) mass is 516 g/mol. The summed E-state index contributed by atoms with van der Waals surface area (Å²) in [6.45, 7) is 4.02. The topological polar surface area (TPSA) is 120 Å². The van der Waals surface area contributed by atoms with Crippen LogP contribution in [0.15, 0.2) is 45.2 Å². The number of Topliss-reactive ketones (excluding diaryl/α,β-unsaturated/α-hetero) is 1. The van der Waals surface area contributed by atoms with E-state index in [1.54, 1.807) is 23.1 Å². The summed E-state index contributed by atoms with van der Waals surface area (Å²) >= 11 is 15.5. The Labute approximate surface area is 209 Å². The molecule has 7 nitrogen and oxygen atoms in total. The number of nitrogens with zero attached hydrogens (tertiary/aromatic N) is 5. The van der Waals surface area contributed by atoms with Crippen LogP contribution in [-0.2, 0) is 4.79 Å². The Morgan fingerprint density at radius 3 is 2.61 bits per heavy atom. The molecule has 1 aliphatic heterocycles. The lowest BCUT2D eigenvalue weighted by Crippen LogP contribution is -2.42. The van der Waals surface area contributed by atoms with E-state index in [-0.39, 0.29) is 28.3 Å². The summed E-state index contributed by atoms with van der Waals surface area (Å²) in [5, 5.41) is 28.5. The predicted molar refractivity (Wildman–Crippen MR) is 130 cm³/mol. The van der Waals surface area contributed by atoms with Crippen LogP contribution >= 0.6 is 46.3 Å². The van der Waals surface area contributed by atoms with Crippen LogP contribution in [0.1, 0.15) is 38.2 Å². The van der Waals surface area contributed by atoms with Gasteiger partial charge in [0.1, 0.15) is 5.82 Å². The van der Waals surface area contributed by atoms with Crippen LogP contribution in [0.4, 0.5) is 5.13 Å². The van der Waals surface area contributed by atoms with Gasteiger partial charge < -0.3 is 5.73 Å². The van der Waals surface area contributed by atoms with Gasteiger partial charge in [0.05, 0.1) is 29.4 Å². The molecule has 1 unspecified atom stereocenters. The average molecular weight is 517 g/mol. The highest BCUT2D eigenvalue weighted by Gasteiger charge is 2.46. The Hall–Kier alpha value is -2.56. The molecule has 1 aliphatic carbocycles. The van der Waals surface area contributed by atoms with E-state index >= 15 is 0 Å². The van der Waals surface area contributed by atoms with Gasteiger partial charge in [-0.3, -0.25) is 9.69 Å². The molecule has 4 rings (SSSR count). The van der Waals surface area contributed by atoms with Gasteiger partial charge in [-0.25, -0.2) is 0 Å². The van der Waals surface area contributed by atoms with Gasteiger partial charge >= 0.3 is 0 Å². The van der Waals surface area contributed by atoms with Crippen molar-refractivity contribution in [3.63, 3.8) is 0 Å². The molecule has 2 heterocycles. The minimum absolute atomic E-state index is 0.0870. The van der Waals surface area contributed by atoms with E-state index in [1.165, 1.54) is 23.1 Å². The number of thioether (sulfide) groups is 1. The van der Waals surface area contributed by atoms with Gasteiger partial charge in [0, 0.05) is 33.3 Å². The Kier molecular flexibility index (Phi) is 6.43. The third-order valence-electron chi connectivity index (χ3n) is 5.52. The lowest BCUT2D eigenvalue weighted by Gasteiger charge is -2.42. The van der Waals surface area contributed by atoms with Crippen molar-refractivity contribution in [2.75, 3.05) is 10.7 Å². The van der Waals surface area contributed by atoms with E-state index in [4.69, 9.17) is 34.2 Å². The number of carbonyl (C=O) groups excluding carboxylic acids is 1. The number of nitrogens with two attached hydrogens (primary N) is 1. The van der Waals surface area contributed by atoms with Crippen molar-refractivity contribution >= 4 is 57.2 Å². The Morgan fingerprint density at radius 2 is 1.97 bits per heavy atom. The predicted octanol–water partition coefficient (Wildman–Crippen LogP) is 5.40. The van der Waals surface area contributed by atoms with Crippen LogP contribution < -0.4 is 10.6 Å². The maximum atomic E-state index is 13.5. The zero-order valence-corrected chi connectivity index (χ0v) is 20.9. The zero-order chi connectivity index (χ0) is 23.9. The number of benzene rings is 1. The second-order valence-electron chi connectivity index (χ2n) is 8.41. The average Bonchev–Trinajstić information content (AvgIpc) is 3.19. The van der Waals surface area contributed by atoms with Gasteiger partial charge in [0.15, 0.2) is 10.1 Å². The minimum Gasteiger partial charge on any atom is -0.384 e. The summed E-state index contributed by atoms with van der Waals surface area (Å²) in [4.78, 5) is 15.2. The third kappa shape index (κ3) is 4.22. The Morgan fingerprint density at radius 1 is 1.27 bits per heavy atom. The van der Waals surface area contributed by atoms with E-state index in [9.17, 15) is 10.1 Å². The standard InChI is InChI=1S/C22H18Cl2N6OS2/c1-22(2)8-14-18(15(31)9-22)16(17-12(23)4-3-5-13(17)24)11(10-26)19(27)30(14)20-28-29-21(33-20)32-7-6-25/h3-5,16H,7-9,27H2,1-2H3. The number of anilines is 1. The molecule has 2 aliphatic rings. The van der Waals surface area contributed by atoms with Crippen LogP contribution in [0.25, 0.3) is 0 Å². The van der Waals surface area contributed by atoms with Gasteiger partial charge in [-0.05, 0) is 24.0 Å². The number of nitriles is 2. The maximum Gasteiger partial charge on any atom is 0.219 e. The molecule has 168 valence electrons. The van der Waals surface area contributed by atoms with Gasteiger partial charge in [0.2, 0.25) is 5.13 Å². The van der Waals surface area contributed by atoms with Crippen molar-refractivity contribution < 1.29 is 4.79 Å². The molecule has 2 N–H and O–H groups in total. The first-order valence-corrected chi connectivity index (χ1v) is 12.5. The molecule has 0 spiro atoms. The second kappa shape index (κ2) is 9.00. The van der Waals surface area contributed by atoms with Gasteiger partial charge in [-0.15, -0.1) is 10.2 Å². The van der Waals surface area contributed by atoms with Crippen LogP contribution in [0, 0.1) is 28.1 Å². The van der Waals surface area contributed by atoms with Crippen LogP contribution in [0.2, 0.25) is 10.0 Å². The molecule has 2 aromatic rings. The lowest BCUT2D eigenvalue weighted by molar-refractivity contribution is -0.118. The first kappa shape index (κ1) is 23.6. The van der Waals surface area contributed by atoms with Gasteiger partial charge in [-0.2, -0.15) is 10.5 Å². The fourth-order valence-electron chi connectivity index (χ4n) is 4.25. The summed E-state index contributed by atoms with van der Waals surface area (Å²) in [5.74, 6) is -0.464. The molecule has 11 heteroatoms. The van der Waals surface area contributed by atoms with Crippen LogP contribution in [-0.4, -0.2) is 21.7 Å². The summed E-state index contributed by atoms with van der Waals surface area (Å²) < 4.78 is 0.595. The smallest absolute Gasteiger partial charge is 0.219 e. The highest BCUT2D eigenvalue weighted by Crippen LogP contribution is 2.52. The van der Waals surface area contributed by atoms with Crippen molar-refractivity contribution in [1.29, 1.82) is 10.5 Å². The molecule has 1 aromatic carbocycles. The second-order valence-corrected chi connectivity index (χ2v) is 11.4. The van der Waals surface area contributed by atoms with Gasteiger partial charge in [0.25, 0.3) is 0 Å². The first-order valence-electron chi connectivity index (χ1n) is 9.91. The molecule has 0 amide bonds. The Bertz CT molecular complexity index is 1280. The van der Waals surface area contributed by atoms with Crippen molar-refractivity contribution in [2.24, 2.45) is 11.1 Å². The third-order valence-corrected chi connectivity index (χ3v) is 8.08. The number of allylic oxidation sites excluding steroid dienone is 3. The molecule has 0 radical (unpaired) electrons. The lowest BCUT2D eigenvalue weighted by atomic mass is 9.68. The molecule has 1 aromatic heterocycles. The van der Waals surface area contributed by atoms with E-state index in [1.807, 2.05) is 13.8 Å². The quantitative estimate of drug-likeness (QED) is 0.536. The molecule has 0 fully saturated rings. The number of hydrogen-bond donors (Lipinski definition) is 1. The number of halogens is 2. The summed E-state index contributed by atoms with van der Waals surface area (Å²) in [6.07, 6.45) is 0.850. The van der Waals surface area contributed by atoms with Crippen molar-refractivity contribution in [3.05, 3.63) is 56.5 Å². The molecular weight excluding hydrogens is 499 g/mol. The SMILES string of the molecule is CC1(C)CC(=O)C2=C(C1)N(c1nnc(SCC#N)s1)C(N)=C(C#N)C2c1c(Cl)cccc1Cl. The molecule has 0 bridgehead atoms. The first-order chi connectivity index (χ1) is 15.7. The van der Waals surface area contributed by atoms with Gasteiger partial charge in [-0.1, -0.05) is 66.2 Å². The Balaban J connectivity index is 1.97. The molecule has 0 saturated heterocycles. The molecular formula is C22H18Cl2N6OS2. The molecule has 1 atom stereocenters. The largest absolute Gasteiger partial charge is 0.384 e. The summed E-state index contributed by atoms with van der Waals surface area (Å²) in [6, 6.07) is 9.32. The highest BCUT2D eigenvalue weighted by molar-refractivity contribution is 8.01. The molecule has 33 heavy (non-hydrogen) atoms. The number of aromatic nitrogens is 2. The van der Waals surface area contributed by atoms with Crippen molar-refractivity contribution in [3.8, 4) is 12.1 Å². The van der Waals surface area contributed by atoms with E-state index < -0.39 is 5.92 Å². The minimum atomic E-state index is -0.772. The van der Waals surface area contributed by atoms with E-state index in [0.29, 0.717) is 49.2 Å². The van der Waals surface area contributed by atoms with Crippen LogP contribution in [0.3, 0.4) is 0 Å².